The first kappa shape index (κ1) is 14.0. The predicted molar refractivity (Wildman–Crippen MR) is 71.0 cm³/mol. The first-order chi connectivity index (χ1) is 9.36. The molecule has 1 unspecified atom stereocenters. The van der Waals surface area contributed by atoms with Crippen molar-refractivity contribution in [2.75, 3.05) is 26.4 Å². The Balaban J connectivity index is 1.51. The zero-order chi connectivity index (χ0) is 13.3. The number of hydrogen-bond acceptors (Lipinski definition) is 4. The molecule has 0 spiro atoms. The standard InChI is InChI=1S/C14H20N2O3/c17-14(12-4-1-6-15-10-12)16-7-3-8-18-11-13-5-2-9-19-13/h1,4,6,10,13H,2-3,5,7-9,11H2,(H,16,17). The van der Waals surface area contributed by atoms with Crippen LogP contribution in [0.15, 0.2) is 24.5 Å². The van der Waals surface area contributed by atoms with Gasteiger partial charge in [0.2, 0.25) is 0 Å². The van der Waals surface area contributed by atoms with Gasteiger partial charge in [0.05, 0.1) is 18.3 Å². The quantitative estimate of drug-likeness (QED) is 0.756. The number of amides is 1. The Morgan fingerprint density at radius 2 is 2.53 bits per heavy atom. The third kappa shape index (κ3) is 4.96. The molecule has 5 nitrogen and oxygen atoms in total. The summed E-state index contributed by atoms with van der Waals surface area (Å²) in [4.78, 5) is 15.6. The fourth-order valence-corrected chi connectivity index (χ4v) is 1.97. The largest absolute Gasteiger partial charge is 0.379 e. The van der Waals surface area contributed by atoms with Gasteiger partial charge in [-0.05, 0) is 31.4 Å². The van der Waals surface area contributed by atoms with E-state index in [-0.39, 0.29) is 12.0 Å². The fourth-order valence-electron chi connectivity index (χ4n) is 1.97. The highest BCUT2D eigenvalue weighted by Crippen LogP contribution is 2.11. The summed E-state index contributed by atoms with van der Waals surface area (Å²) in [7, 11) is 0. The SMILES string of the molecule is O=C(NCCCOCC1CCCO1)c1cccnc1. The molecule has 5 heteroatoms. The van der Waals surface area contributed by atoms with Crippen LogP contribution in [0.1, 0.15) is 29.6 Å². The number of hydrogen-bond donors (Lipinski definition) is 1. The summed E-state index contributed by atoms with van der Waals surface area (Å²) >= 11 is 0. The van der Waals surface area contributed by atoms with Gasteiger partial charge < -0.3 is 14.8 Å². The van der Waals surface area contributed by atoms with Gasteiger partial charge in [0.25, 0.3) is 5.91 Å². The first-order valence-electron chi connectivity index (χ1n) is 6.74. The Morgan fingerprint density at radius 1 is 1.58 bits per heavy atom. The van der Waals surface area contributed by atoms with Crippen LogP contribution in [0.2, 0.25) is 0 Å². The van der Waals surface area contributed by atoms with Crippen LogP contribution in [0.3, 0.4) is 0 Å². The van der Waals surface area contributed by atoms with E-state index in [0.717, 1.165) is 25.9 Å². The number of rotatable bonds is 7. The molecular weight excluding hydrogens is 244 g/mol. The van der Waals surface area contributed by atoms with Gasteiger partial charge in [0, 0.05) is 32.2 Å². The molecule has 1 aliphatic heterocycles. The number of carbonyl (C=O) groups is 1. The second-order valence-electron chi connectivity index (χ2n) is 4.56. The van der Waals surface area contributed by atoms with E-state index in [2.05, 4.69) is 10.3 Å². The Kier molecular flexibility index (Phi) is 5.78. The number of carbonyl (C=O) groups excluding carboxylic acids is 1. The summed E-state index contributed by atoms with van der Waals surface area (Å²) in [5.41, 5.74) is 0.586. The van der Waals surface area contributed by atoms with Crippen LogP contribution in [0.25, 0.3) is 0 Å². The molecule has 0 bridgehead atoms. The zero-order valence-corrected chi connectivity index (χ0v) is 11.0. The molecule has 1 aliphatic rings. The highest BCUT2D eigenvalue weighted by atomic mass is 16.5. The molecule has 1 amide bonds. The van der Waals surface area contributed by atoms with E-state index in [1.165, 1.54) is 0 Å². The predicted octanol–water partition coefficient (Wildman–Crippen LogP) is 1.40. The van der Waals surface area contributed by atoms with Crippen LogP contribution in [0.4, 0.5) is 0 Å². The van der Waals surface area contributed by atoms with E-state index in [1.54, 1.807) is 24.5 Å². The fraction of sp³-hybridized carbons (Fsp3) is 0.571. The van der Waals surface area contributed by atoms with Crippen molar-refractivity contribution < 1.29 is 14.3 Å². The van der Waals surface area contributed by atoms with Gasteiger partial charge in [0.15, 0.2) is 0 Å². The maximum absolute atomic E-state index is 11.7. The molecule has 1 fully saturated rings. The average molecular weight is 264 g/mol. The lowest BCUT2D eigenvalue weighted by Gasteiger charge is -2.10. The van der Waals surface area contributed by atoms with Gasteiger partial charge in [-0.15, -0.1) is 0 Å². The molecule has 104 valence electrons. The summed E-state index contributed by atoms with van der Waals surface area (Å²) in [6.07, 6.45) is 6.51. The van der Waals surface area contributed by atoms with Crippen molar-refractivity contribution in [2.24, 2.45) is 0 Å². The van der Waals surface area contributed by atoms with Crippen LogP contribution < -0.4 is 5.32 Å². The third-order valence-corrected chi connectivity index (χ3v) is 3.00. The van der Waals surface area contributed by atoms with E-state index < -0.39 is 0 Å². The van der Waals surface area contributed by atoms with Crippen LogP contribution in [-0.2, 0) is 9.47 Å². The highest BCUT2D eigenvalue weighted by Gasteiger charge is 2.14. The van der Waals surface area contributed by atoms with E-state index in [4.69, 9.17) is 9.47 Å². The van der Waals surface area contributed by atoms with E-state index in [0.29, 0.717) is 25.3 Å². The van der Waals surface area contributed by atoms with Crippen molar-refractivity contribution >= 4 is 5.91 Å². The third-order valence-electron chi connectivity index (χ3n) is 3.00. The molecule has 2 rings (SSSR count). The van der Waals surface area contributed by atoms with Crippen molar-refractivity contribution in [3.8, 4) is 0 Å². The van der Waals surface area contributed by atoms with Crippen LogP contribution >= 0.6 is 0 Å². The summed E-state index contributed by atoms with van der Waals surface area (Å²) in [6.45, 7) is 2.78. The molecule has 0 aromatic carbocycles. The highest BCUT2D eigenvalue weighted by molar-refractivity contribution is 5.93. The molecule has 1 saturated heterocycles. The van der Waals surface area contributed by atoms with Crippen molar-refractivity contribution in [3.63, 3.8) is 0 Å². The Hall–Kier alpha value is -1.46. The zero-order valence-electron chi connectivity index (χ0n) is 11.0. The maximum atomic E-state index is 11.7. The smallest absolute Gasteiger partial charge is 0.252 e. The van der Waals surface area contributed by atoms with Crippen molar-refractivity contribution in [3.05, 3.63) is 30.1 Å². The van der Waals surface area contributed by atoms with Gasteiger partial charge >= 0.3 is 0 Å². The summed E-state index contributed by atoms with van der Waals surface area (Å²) < 4.78 is 11.0. The second kappa shape index (κ2) is 7.86. The number of nitrogens with zero attached hydrogens (tertiary/aromatic N) is 1. The summed E-state index contributed by atoms with van der Waals surface area (Å²) in [6, 6.07) is 3.50. The number of nitrogens with one attached hydrogen (secondary N) is 1. The second-order valence-corrected chi connectivity index (χ2v) is 4.56. The minimum Gasteiger partial charge on any atom is -0.379 e. The van der Waals surface area contributed by atoms with E-state index >= 15 is 0 Å². The molecular formula is C14H20N2O3. The minimum atomic E-state index is -0.0905. The lowest BCUT2D eigenvalue weighted by Crippen LogP contribution is -2.25. The van der Waals surface area contributed by atoms with Gasteiger partial charge in [-0.25, -0.2) is 0 Å². The van der Waals surface area contributed by atoms with Gasteiger partial charge in [0.1, 0.15) is 0 Å². The lowest BCUT2D eigenvalue weighted by atomic mass is 10.2. The Morgan fingerprint density at radius 3 is 3.26 bits per heavy atom. The molecule has 0 radical (unpaired) electrons. The van der Waals surface area contributed by atoms with E-state index in [9.17, 15) is 4.79 Å². The molecule has 0 saturated carbocycles. The molecule has 1 aromatic heterocycles. The summed E-state index contributed by atoms with van der Waals surface area (Å²) in [5, 5.41) is 2.84. The number of aromatic nitrogens is 1. The van der Waals surface area contributed by atoms with Crippen molar-refractivity contribution in [2.45, 2.75) is 25.4 Å². The monoisotopic (exact) mass is 264 g/mol. The molecule has 1 N–H and O–H groups in total. The Labute approximate surface area is 113 Å². The van der Waals surface area contributed by atoms with Crippen LogP contribution in [-0.4, -0.2) is 43.4 Å². The topological polar surface area (TPSA) is 60.5 Å². The normalized spacial score (nSPS) is 18.4. The van der Waals surface area contributed by atoms with Crippen molar-refractivity contribution in [1.82, 2.24) is 10.3 Å². The van der Waals surface area contributed by atoms with Gasteiger partial charge in [-0.1, -0.05) is 0 Å². The first-order valence-corrected chi connectivity index (χ1v) is 6.74. The van der Waals surface area contributed by atoms with Crippen LogP contribution in [0.5, 0.6) is 0 Å². The minimum absolute atomic E-state index is 0.0905. The molecule has 1 atom stereocenters. The van der Waals surface area contributed by atoms with E-state index in [1.807, 2.05) is 0 Å². The van der Waals surface area contributed by atoms with Gasteiger partial charge in [-0.2, -0.15) is 0 Å². The number of pyridine rings is 1. The maximum Gasteiger partial charge on any atom is 0.252 e. The molecule has 1 aromatic rings. The molecule has 19 heavy (non-hydrogen) atoms. The number of ether oxygens (including phenoxy) is 2. The van der Waals surface area contributed by atoms with Crippen LogP contribution in [0, 0.1) is 0 Å². The summed E-state index contributed by atoms with van der Waals surface area (Å²) in [5.74, 6) is -0.0905. The van der Waals surface area contributed by atoms with Gasteiger partial charge in [-0.3, -0.25) is 9.78 Å². The Bertz CT molecular complexity index is 378. The molecule has 2 heterocycles. The van der Waals surface area contributed by atoms with Crippen molar-refractivity contribution in [1.29, 1.82) is 0 Å². The molecule has 0 aliphatic carbocycles. The average Bonchev–Trinajstić information content (AvgIpc) is 2.96. The lowest BCUT2D eigenvalue weighted by molar-refractivity contribution is 0.0166.